The van der Waals surface area contributed by atoms with Crippen LogP contribution in [0, 0.1) is 0 Å². The maximum absolute atomic E-state index is 12.3. The van der Waals surface area contributed by atoms with Gasteiger partial charge in [0.15, 0.2) is 5.13 Å². The third-order valence-corrected chi connectivity index (χ3v) is 4.39. The summed E-state index contributed by atoms with van der Waals surface area (Å²) in [6.07, 6.45) is 3.21. The zero-order valence-electron chi connectivity index (χ0n) is 11.1. The summed E-state index contributed by atoms with van der Waals surface area (Å²) < 4.78 is 5.19. The molecule has 1 amide bonds. The number of anilines is 2. The Balaban J connectivity index is 1.86. The lowest BCUT2D eigenvalue weighted by Crippen LogP contribution is -2.15. The molecule has 0 radical (unpaired) electrons. The molecular weight excluding hydrogens is 274 g/mol. The first-order valence-corrected chi connectivity index (χ1v) is 7.23. The molecule has 104 valence electrons. The Morgan fingerprint density at radius 1 is 1.45 bits per heavy atom. The molecule has 1 aliphatic carbocycles. The van der Waals surface area contributed by atoms with Crippen molar-refractivity contribution in [1.82, 2.24) is 4.98 Å². The molecule has 0 saturated heterocycles. The Morgan fingerprint density at radius 2 is 2.30 bits per heavy atom. The van der Waals surface area contributed by atoms with Crippen LogP contribution in [0.4, 0.5) is 10.8 Å². The van der Waals surface area contributed by atoms with E-state index in [-0.39, 0.29) is 5.91 Å². The van der Waals surface area contributed by atoms with Gasteiger partial charge in [-0.2, -0.15) is 0 Å². The Bertz CT molecular complexity index is 645. The summed E-state index contributed by atoms with van der Waals surface area (Å²) in [5, 5.41) is 3.44. The number of nitrogen functional groups attached to an aromatic ring is 1. The van der Waals surface area contributed by atoms with E-state index in [1.165, 1.54) is 23.3 Å². The van der Waals surface area contributed by atoms with Gasteiger partial charge in [0.2, 0.25) is 0 Å². The molecule has 3 rings (SSSR count). The van der Waals surface area contributed by atoms with Crippen molar-refractivity contribution < 1.29 is 9.53 Å². The van der Waals surface area contributed by atoms with Crippen LogP contribution in [0.2, 0.25) is 0 Å². The van der Waals surface area contributed by atoms with Crippen LogP contribution in [0.3, 0.4) is 0 Å². The van der Waals surface area contributed by atoms with E-state index in [4.69, 9.17) is 10.5 Å². The molecule has 2 aromatic rings. The van der Waals surface area contributed by atoms with Crippen LogP contribution >= 0.6 is 11.3 Å². The first kappa shape index (κ1) is 12.9. The number of thiazole rings is 1. The molecule has 20 heavy (non-hydrogen) atoms. The summed E-state index contributed by atoms with van der Waals surface area (Å²) >= 11 is 1.54. The van der Waals surface area contributed by atoms with Gasteiger partial charge in [-0.1, -0.05) is 6.07 Å². The Labute approximate surface area is 120 Å². The minimum Gasteiger partial charge on any atom is -0.496 e. The highest BCUT2D eigenvalue weighted by Crippen LogP contribution is 2.31. The van der Waals surface area contributed by atoms with Gasteiger partial charge >= 0.3 is 0 Å². The number of nitrogens with one attached hydrogen (secondary N) is 1. The monoisotopic (exact) mass is 289 g/mol. The molecule has 0 spiro atoms. The normalized spacial score (nSPS) is 13.1. The molecule has 0 atom stereocenters. The van der Waals surface area contributed by atoms with Crippen molar-refractivity contribution in [1.29, 1.82) is 0 Å². The molecule has 1 aromatic carbocycles. The lowest BCUT2D eigenvalue weighted by molar-refractivity contribution is 0.102. The number of fused-ring (bicyclic) bond motifs is 1. The molecule has 0 bridgehead atoms. The summed E-state index contributed by atoms with van der Waals surface area (Å²) in [4.78, 5) is 18.1. The molecular formula is C14H15N3O2S. The number of methoxy groups -OCH3 is 1. The van der Waals surface area contributed by atoms with Crippen LogP contribution < -0.4 is 15.8 Å². The SMILES string of the molecule is COc1cccc(N)c1C(=O)Nc1nc2c(s1)CCC2. The van der Waals surface area contributed by atoms with Gasteiger partial charge in [-0.3, -0.25) is 10.1 Å². The fourth-order valence-electron chi connectivity index (χ4n) is 2.36. The highest BCUT2D eigenvalue weighted by atomic mass is 32.1. The van der Waals surface area contributed by atoms with Gasteiger partial charge in [0, 0.05) is 10.6 Å². The molecule has 0 fully saturated rings. The van der Waals surface area contributed by atoms with Crippen molar-refractivity contribution in [3.8, 4) is 5.75 Å². The van der Waals surface area contributed by atoms with E-state index in [1.54, 1.807) is 18.2 Å². The quantitative estimate of drug-likeness (QED) is 0.851. The van der Waals surface area contributed by atoms with E-state index in [9.17, 15) is 4.79 Å². The maximum atomic E-state index is 12.3. The fraction of sp³-hybridized carbons (Fsp3) is 0.286. The number of carbonyl (C=O) groups excluding carboxylic acids is 1. The van der Waals surface area contributed by atoms with E-state index >= 15 is 0 Å². The van der Waals surface area contributed by atoms with E-state index in [0.717, 1.165) is 25.0 Å². The molecule has 0 saturated carbocycles. The molecule has 6 heteroatoms. The molecule has 0 aliphatic heterocycles. The highest BCUT2D eigenvalue weighted by Gasteiger charge is 2.20. The second-order valence-corrected chi connectivity index (χ2v) is 5.70. The van der Waals surface area contributed by atoms with Crippen molar-refractivity contribution in [2.75, 3.05) is 18.2 Å². The van der Waals surface area contributed by atoms with Gasteiger partial charge in [-0.25, -0.2) is 4.98 Å². The summed E-state index contributed by atoms with van der Waals surface area (Å²) in [5.74, 6) is 0.180. The number of ether oxygens (including phenoxy) is 1. The number of aromatic nitrogens is 1. The van der Waals surface area contributed by atoms with Crippen LogP contribution in [0.15, 0.2) is 18.2 Å². The first-order valence-electron chi connectivity index (χ1n) is 6.41. The minimum atomic E-state index is -0.285. The zero-order valence-corrected chi connectivity index (χ0v) is 11.9. The van der Waals surface area contributed by atoms with Gasteiger partial charge in [-0.05, 0) is 31.4 Å². The molecule has 1 heterocycles. The second-order valence-electron chi connectivity index (χ2n) is 4.62. The lowest BCUT2D eigenvalue weighted by atomic mass is 10.1. The van der Waals surface area contributed by atoms with Crippen LogP contribution in [0.25, 0.3) is 0 Å². The van der Waals surface area contributed by atoms with Crippen LogP contribution in [-0.2, 0) is 12.8 Å². The van der Waals surface area contributed by atoms with E-state index in [0.29, 0.717) is 22.1 Å². The standard InChI is InChI=1S/C14H15N3O2S/c1-19-10-6-2-4-8(15)12(10)13(18)17-14-16-9-5-3-7-11(9)20-14/h2,4,6H,3,5,7,15H2,1H3,(H,16,17,18). The van der Waals surface area contributed by atoms with Crippen LogP contribution in [-0.4, -0.2) is 18.0 Å². The van der Waals surface area contributed by atoms with Crippen molar-refractivity contribution >= 4 is 28.1 Å². The summed E-state index contributed by atoms with van der Waals surface area (Å²) in [6, 6.07) is 5.15. The number of benzene rings is 1. The Morgan fingerprint density at radius 3 is 3.05 bits per heavy atom. The minimum absolute atomic E-state index is 0.285. The number of carbonyl (C=O) groups is 1. The average Bonchev–Trinajstić information content (AvgIpc) is 2.98. The van der Waals surface area contributed by atoms with E-state index in [1.807, 2.05) is 0 Å². The largest absolute Gasteiger partial charge is 0.496 e. The number of aryl methyl sites for hydroxylation is 2. The average molecular weight is 289 g/mol. The summed E-state index contributed by atoms with van der Waals surface area (Å²) in [7, 11) is 1.52. The fourth-order valence-corrected chi connectivity index (χ4v) is 3.41. The van der Waals surface area contributed by atoms with Gasteiger partial charge in [-0.15, -0.1) is 11.3 Å². The van der Waals surface area contributed by atoms with Crippen LogP contribution in [0.5, 0.6) is 5.75 Å². The smallest absolute Gasteiger partial charge is 0.263 e. The third kappa shape index (κ3) is 2.22. The second kappa shape index (κ2) is 5.13. The van der Waals surface area contributed by atoms with E-state index in [2.05, 4.69) is 10.3 Å². The molecule has 1 aromatic heterocycles. The summed E-state index contributed by atoms with van der Waals surface area (Å²) in [6.45, 7) is 0. The molecule has 0 unspecified atom stereocenters. The Kier molecular flexibility index (Phi) is 3.31. The predicted molar refractivity (Wildman–Crippen MR) is 79.5 cm³/mol. The zero-order chi connectivity index (χ0) is 14.1. The third-order valence-electron chi connectivity index (χ3n) is 3.32. The van der Waals surface area contributed by atoms with Gasteiger partial charge < -0.3 is 10.5 Å². The number of nitrogens with zero attached hydrogens (tertiary/aromatic N) is 1. The number of nitrogens with two attached hydrogens (primary N) is 1. The van der Waals surface area contributed by atoms with Crippen molar-refractivity contribution in [2.24, 2.45) is 0 Å². The number of hydrogen-bond donors (Lipinski definition) is 2. The predicted octanol–water partition coefficient (Wildman–Crippen LogP) is 2.47. The van der Waals surface area contributed by atoms with E-state index < -0.39 is 0 Å². The number of rotatable bonds is 3. The number of amides is 1. The topological polar surface area (TPSA) is 77.2 Å². The van der Waals surface area contributed by atoms with Crippen LogP contribution in [0.1, 0.15) is 27.3 Å². The summed E-state index contributed by atoms with van der Waals surface area (Å²) in [5.41, 5.74) is 7.72. The van der Waals surface area contributed by atoms with Crippen molar-refractivity contribution in [3.63, 3.8) is 0 Å². The molecule has 5 nitrogen and oxygen atoms in total. The van der Waals surface area contributed by atoms with Gasteiger partial charge in [0.1, 0.15) is 11.3 Å². The molecule has 3 N–H and O–H groups in total. The Hall–Kier alpha value is -2.08. The number of hydrogen-bond acceptors (Lipinski definition) is 5. The molecule has 1 aliphatic rings. The lowest BCUT2D eigenvalue weighted by Gasteiger charge is -2.10. The highest BCUT2D eigenvalue weighted by molar-refractivity contribution is 7.16. The van der Waals surface area contributed by atoms with Gasteiger partial charge in [0.05, 0.1) is 12.8 Å². The van der Waals surface area contributed by atoms with Crippen molar-refractivity contribution in [2.45, 2.75) is 19.3 Å². The first-order chi connectivity index (χ1) is 9.69. The van der Waals surface area contributed by atoms with Gasteiger partial charge in [0.25, 0.3) is 5.91 Å². The maximum Gasteiger partial charge on any atom is 0.263 e. The van der Waals surface area contributed by atoms with Crippen molar-refractivity contribution in [3.05, 3.63) is 34.3 Å².